The molecule has 0 atom stereocenters. The van der Waals surface area contributed by atoms with Crippen LogP contribution in [0.25, 0.3) is 0 Å². The van der Waals surface area contributed by atoms with Gasteiger partial charge in [0.05, 0.1) is 0 Å². The number of benzene rings is 1. The predicted molar refractivity (Wildman–Crippen MR) is 68.3 cm³/mol. The second-order valence-corrected chi connectivity index (χ2v) is 2.53. The molecule has 0 aromatic heterocycles. The van der Waals surface area contributed by atoms with Crippen LogP contribution < -0.4 is 0 Å². The molecule has 0 amide bonds. The summed E-state index contributed by atoms with van der Waals surface area (Å²) in [6, 6.07) is 10.8. The van der Waals surface area contributed by atoms with Gasteiger partial charge in [0.25, 0.3) is 0 Å². The Hall–Kier alpha value is -0.186. The molecule has 1 aromatic rings. The molecular weight excluding hydrogens is 252 g/mol. The van der Waals surface area contributed by atoms with Crippen molar-refractivity contribution in [2.75, 3.05) is 19.8 Å². The van der Waals surface area contributed by atoms with Crippen LogP contribution in [0.5, 0.6) is 0 Å². The van der Waals surface area contributed by atoms with Crippen LogP contribution in [0.3, 0.4) is 0 Å². The minimum absolute atomic E-state index is 0. The first kappa shape index (κ1) is 25.6. The molecule has 0 aliphatic heterocycles. The van der Waals surface area contributed by atoms with Crippen LogP contribution in [-0.4, -0.2) is 35.1 Å². The fourth-order valence-corrected chi connectivity index (χ4v) is 0.470. The Bertz CT molecular complexity index is 177. The van der Waals surface area contributed by atoms with Gasteiger partial charge in [0.2, 0.25) is 0 Å². The summed E-state index contributed by atoms with van der Waals surface area (Å²) >= 11 is 0. The zero-order valence-corrected chi connectivity index (χ0v) is 12.8. The molecule has 100 valence electrons. The van der Waals surface area contributed by atoms with Crippen LogP contribution in [0.15, 0.2) is 24.3 Å². The summed E-state index contributed by atoms with van der Waals surface area (Å²) < 4.78 is 0. The molecule has 0 bridgehead atoms. The number of aliphatic hydroxyl groups excluding tert-OH is 3. The van der Waals surface area contributed by atoms with E-state index in [1.54, 1.807) is 20.8 Å². The third kappa shape index (κ3) is 49.4. The van der Waals surface area contributed by atoms with Crippen molar-refractivity contribution in [3.63, 3.8) is 0 Å². The van der Waals surface area contributed by atoms with Gasteiger partial charge in [-0.2, -0.15) is 35.9 Å². The van der Waals surface area contributed by atoms with E-state index < -0.39 is 0 Å². The van der Waals surface area contributed by atoms with Gasteiger partial charge in [-0.15, -0.1) is 0 Å². The Labute approximate surface area is 120 Å². The first-order valence-corrected chi connectivity index (χ1v) is 5.39. The minimum atomic E-state index is 0. The van der Waals surface area contributed by atoms with Crippen molar-refractivity contribution in [1.29, 1.82) is 0 Å². The van der Waals surface area contributed by atoms with Crippen LogP contribution in [-0.2, 0) is 21.7 Å². The van der Waals surface area contributed by atoms with Crippen LogP contribution >= 0.6 is 0 Å². The molecule has 17 heavy (non-hydrogen) atoms. The van der Waals surface area contributed by atoms with Crippen molar-refractivity contribution in [2.24, 2.45) is 0 Å². The Morgan fingerprint density at radius 1 is 0.882 bits per heavy atom. The molecular formula is C13H25O3Ti-. The summed E-state index contributed by atoms with van der Waals surface area (Å²) in [5, 5.41) is 22.7. The fraction of sp³-hybridized carbons (Fsp3) is 0.538. The monoisotopic (exact) mass is 277 g/mol. The van der Waals surface area contributed by atoms with E-state index in [1.807, 2.05) is 24.3 Å². The van der Waals surface area contributed by atoms with Gasteiger partial charge in [-0.05, 0) is 20.8 Å². The predicted octanol–water partition coefficient (Wildman–Crippen LogP) is 1.79. The van der Waals surface area contributed by atoms with Crippen molar-refractivity contribution in [3.8, 4) is 0 Å². The molecule has 0 spiro atoms. The molecule has 0 aliphatic rings. The summed E-state index contributed by atoms with van der Waals surface area (Å²) in [6.07, 6.45) is 0. The van der Waals surface area contributed by atoms with Gasteiger partial charge in [0.15, 0.2) is 0 Å². The zero-order valence-electron chi connectivity index (χ0n) is 11.3. The Morgan fingerprint density at radius 2 is 1.12 bits per heavy atom. The number of aryl methyl sites for hydroxylation is 1. The minimum Gasteiger partial charge on any atom is -0.397 e. The quantitative estimate of drug-likeness (QED) is 0.500. The molecule has 0 aliphatic carbocycles. The summed E-state index contributed by atoms with van der Waals surface area (Å²) in [4.78, 5) is 0. The van der Waals surface area contributed by atoms with Gasteiger partial charge in [0, 0.05) is 41.5 Å². The van der Waals surface area contributed by atoms with Gasteiger partial charge in [0.1, 0.15) is 0 Å². The molecule has 0 radical (unpaired) electrons. The summed E-state index contributed by atoms with van der Waals surface area (Å²) in [5.41, 5.74) is 1.29. The maximum absolute atomic E-state index is 7.57. The van der Waals surface area contributed by atoms with Crippen LogP contribution in [0.4, 0.5) is 0 Å². The van der Waals surface area contributed by atoms with Crippen molar-refractivity contribution < 1.29 is 37.0 Å². The third-order valence-electron chi connectivity index (χ3n) is 0.885. The standard InChI is InChI=1S/C7H7.3C2H6O.Ti/c1-7-5-3-2-4-6-7;3*1-2-3;/h3-6H,1H3;3*3H,2H2,1H3;/q-1;;;;. The van der Waals surface area contributed by atoms with E-state index in [0.717, 1.165) is 0 Å². The molecule has 1 aromatic carbocycles. The van der Waals surface area contributed by atoms with E-state index in [1.165, 1.54) is 5.56 Å². The Balaban J connectivity index is -0.0000000734. The average molecular weight is 277 g/mol. The van der Waals surface area contributed by atoms with Crippen molar-refractivity contribution in [3.05, 3.63) is 35.9 Å². The molecule has 4 heteroatoms. The van der Waals surface area contributed by atoms with Gasteiger partial charge in [-0.1, -0.05) is 6.92 Å². The Kier molecular flexibility index (Phi) is 44.7. The van der Waals surface area contributed by atoms with Crippen molar-refractivity contribution >= 4 is 0 Å². The first-order chi connectivity index (χ1) is 7.64. The molecule has 0 heterocycles. The van der Waals surface area contributed by atoms with E-state index >= 15 is 0 Å². The van der Waals surface area contributed by atoms with E-state index in [0.29, 0.717) is 0 Å². The maximum Gasteiger partial charge on any atom is 0.0402 e. The summed E-state index contributed by atoms with van der Waals surface area (Å²) in [7, 11) is 0. The third-order valence-corrected chi connectivity index (χ3v) is 0.885. The molecule has 3 N–H and O–H groups in total. The topological polar surface area (TPSA) is 60.7 Å². The van der Waals surface area contributed by atoms with E-state index in [2.05, 4.69) is 13.0 Å². The van der Waals surface area contributed by atoms with Gasteiger partial charge >= 0.3 is 0 Å². The van der Waals surface area contributed by atoms with Gasteiger partial charge in [-0.3, -0.25) is 0 Å². The molecule has 0 saturated heterocycles. The van der Waals surface area contributed by atoms with Crippen molar-refractivity contribution in [2.45, 2.75) is 27.7 Å². The average Bonchev–Trinajstić information content (AvgIpc) is 2.22. The number of rotatable bonds is 0. The number of hydrogen-bond donors (Lipinski definition) is 3. The number of hydrogen-bond acceptors (Lipinski definition) is 3. The van der Waals surface area contributed by atoms with Crippen LogP contribution in [0.1, 0.15) is 26.3 Å². The van der Waals surface area contributed by atoms with E-state index in [9.17, 15) is 0 Å². The van der Waals surface area contributed by atoms with E-state index in [4.69, 9.17) is 15.3 Å². The first-order valence-electron chi connectivity index (χ1n) is 5.39. The normalized spacial score (nSPS) is 6.76. The smallest absolute Gasteiger partial charge is 0.0402 e. The SMILES string of the molecule is CCO.CCO.CCO.Cc1cc[c-]cc1.[Ti]. The second-order valence-electron chi connectivity index (χ2n) is 2.53. The molecule has 0 fully saturated rings. The Morgan fingerprint density at radius 3 is 1.24 bits per heavy atom. The molecule has 1 rings (SSSR count). The molecule has 0 saturated carbocycles. The van der Waals surface area contributed by atoms with Crippen LogP contribution in [0, 0.1) is 13.0 Å². The zero-order chi connectivity index (χ0) is 13.2. The largest absolute Gasteiger partial charge is 0.397 e. The van der Waals surface area contributed by atoms with E-state index in [-0.39, 0.29) is 41.5 Å². The second kappa shape index (κ2) is 29.7. The fourth-order valence-electron chi connectivity index (χ4n) is 0.470. The summed E-state index contributed by atoms with van der Waals surface area (Å²) in [5.74, 6) is 0. The van der Waals surface area contributed by atoms with Gasteiger partial charge < -0.3 is 15.3 Å². The summed E-state index contributed by atoms with van der Waals surface area (Å²) in [6.45, 7) is 7.86. The number of aliphatic hydroxyl groups is 3. The maximum atomic E-state index is 7.57. The van der Waals surface area contributed by atoms with Crippen LogP contribution in [0.2, 0.25) is 0 Å². The van der Waals surface area contributed by atoms with Gasteiger partial charge in [-0.25, -0.2) is 0 Å². The van der Waals surface area contributed by atoms with Crippen molar-refractivity contribution in [1.82, 2.24) is 0 Å². The molecule has 0 unspecified atom stereocenters. The molecule has 3 nitrogen and oxygen atoms in total.